The van der Waals surface area contributed by atoms with Crippen LogP contribution in [-0.2, 0) is 0 Å². The van der Waals surface area contributed by atoms with Gasteiger partial charge in [-0.05, 0) is 78.8 Å². The molecule has 0 bridgehead atoms. The lowest BCUT2D eigenvalue weighted by molar-refractivity contribution is 0.182. The molecule has 0 saturated carbocycles. The highest BCUT2D eigenvalue weighted by atomic mass is 16.2. The Morgan fingerprint density at radius 2 is 1.59 bits per heavy atom. The Morgan fingerprint density at radius 1 is 0.875 bits per heavy atom. The molecular formula is C28H35N3O. The molecule has 1 saturated heterocycles. The first-order valence-electron chi connectivity index (χ1n) is 11.7. The average molecular weight is 430 g/mol. The van der Waals surface area contributed by atoms with E-state index in [4.69, 9.17) is 5.73 Å². The van der Waals surface area contributed by atoms with Gasteiger partial charge < -0.3 is 20.6 Å². The van der Waals surface area contributed by atoms with E-state index in [1.807, 2.05) is 12.1 Å². The highest BCUT2D eigenvalue weighted by Gasteiger charge is 2.21. The molecule has 0 amide bonds. The van der Waals surface area contributed by atoms with E-state index >= 15 is 0 Å². The Hall–Kier alpha value is -2.82. The van der Waals surface area contributed by atoms with Gasteiger partial charge in [-0.15, -0.1) is 0 Å². The minimum Gasteiger partial charge on any atom is -0.399 e. The van der Waals surface area contributed by atoms with Crippen LogP contribution in [-0.4, -0.2) is 54.7 Å². The van der Waals surface area contributed by atoms with Gasteiger partial charge in [-0.3, -0.25) is 0 Å². The summed E-state index contributed by atoms with van der Waals surface area (Å²) in [4.78, 5) is 4.94. The fourth-order valence-corrected chi connectivity index (χ4v) is 4.70. The highest BCUT2D eigenvalue weighted by Crippen LogP contribution is 2.39. The number of allylic oxidation sites excluding steroid dienone is 6. The average Bonchev–Trinajstić information content (AvgIpc) is 2.84. The molecular weight excluding hydrogens is 394 g/mol. The van der Waals surface area contributed by atoms with Gasteiger partial charge in [-0.1, -0.05) is 48.5 Å². The first-order chi connectivity index (χ1) is 15.7. The summed E-state index contributed by atoms with van der Waals surface area (Å²) in [6.07, 6.45) is 8.33. The summed E-state index contributed by atoms with van der Waals surface area (Å²) in [5.41, 5.74) is 14.6. The number of rotatable bonds is 7. The zero-order valence-corrected chi connectivity index (χ0v) is 19.1. The number of nitrogens with two attached hydrogens (primary N) is 1. The molecule has 1 heterocycles. The van der Waals surface area contributed by atoms with Crippen LogP contribution in [0.5, 0.6) is 0 Å². The van der Waals surface area contributed by atoms with E-state index in [1.54, 1.807) is 0 Å². The van der Waals surface area contributed by atoms with Crippen LogP contribution in [0.3, 0.4) is 0 Å². The van der Waals surface area contributed by atoms with Crippen molar-refractivity contribution in [3.8, 4) is 0 Å². The molecule has 1 aliphatic heterocycles. The number of hydrogen-bond donors (Lipinski definition) is 2. The Kier molecular flexibility index (Phi) is 7.46. The zero-order chi connectivity index (χ0) is 22.3. The van der Waals surface area contributed by atoms with Gasteiger partial charge in [0.1, 0.15) is 0 Å². The number of nitrogens with zero attached hydrogens (tertiary/aromatic N) is 2. The largest absolute Gasteiger partial charge is 0.399 e. The van der Waals surface area contributed by atoms with Gasteiger partial charge in [-0.25, -0.2) is 0 Å². The van der Waals surface area contributed by atoms with E-state index < -0.39 is 0 Å². The molecule has 2 aliphatic rings. The van der Waals surface area contributed by atoms with Crippen molar-refractivity contribution in [2.24, 2.45) is 0 Å². The second-order valence-corrected chi connectivity index (χ2v) is 8.81. The van der Waals surface area contributed by atoms with Gasteiger partial charge in [0.2, 0.25) is 0 Å². The summed E-state index contributed by atoms with van der Waals surface area (Å²) in [7, 11) is 2.20. The molecule has 2 aromatic rings. The monoisotopic (exact) mass is 429 g/mol. The van der Waals surface area contributed by atoms with Crippen molar-refractivity contribution < 1.29 is 5.11 Å². The van der Waals surface area contributed by atoms with Crippen molar-refractivity contribution in [3.05, 3.63) is 89.1 Å². The molecule has 4 nitrogen and oxygen atoms in total. The van der Waals surface area contributed by atoms with E-state index in [0.717, 1.165) is 57.5 Å². The molecule has 1 aliphatic carbocycles. The highest BCUT2D eigenvalue weighted by molar-refractivity contribution is 5.98. The molecule has 4 heteroatoms. The summed E-state index contributed by atoms with van der Waals surface area (Å²) in [5.74, 6) is 0. The third-order valence-corrected chi connectivity index (χ3v) is 6.57. The SMILES string of the molecule is CN1CCN(C2=CC=C(/C(=C(/CCCO)c3ccccc3)c3ccc(N)cc3)CC2)CC1. The normalized spacial score (nSPS) is 18.1. The zero-order valence-electron chi connectivity index (χ0n) is 19.1. The molecule has 2 aromatic carbocycles. The predicted octanol–water partition coefficient (Wildman–Crippen LogP) is 4.80. The van der Waals surface area contributed by atoms with Crippen LogP contribution in [0.1, 0.15) is 36.8 Å². The lowest BCUT2D eigenvalue weighted by atomic mass is 9.83. The van der Waals surface area contributed by atoms with E-state index in [1.165, 1.54) is 33.5 Å². The van der Waals surface area contributed by atoms with Crippen molar-refractivity contribution in [2.75, 3.05) is 45.6 Å². The van der Waals surface area contributed by atoms with E-state index in [9.17, 15) is 5.11 Å². The van der Waals surface area contributed by atoms with Crippen LogP contribution >= 0.6 is 0 Å². The number of aliphatic hydroxyl groups excluding tert-OH is 1. The van der Waals surface area contributed by atoms with Gasteiger partial charge in [0.05, 0.1) is 0 Å². The third kappa shape index (κ3) is 5.32. The Bertz CT molecular complexity index is 981. The number of nitrogen functional groups attached to an aromatic ring is 1. The summed E-state index contributed by atoms with van der Waals surface area (Å²) >= 11 is 0. The van der Waals surface area contributed by atoms with Crippen LogP contribution in [0.2, 0.25) is 0 Å². The van der Waals surface area contributed by atoms with Crippen LogP contribution in [0.4, 0.5) is 5.69 Å². The fourth-order valence-electron chi connectivity index (χ4n) is 4.70. The maximum Gasteiger partial charge on any atom is 0.0434 e. The maximum absolute atomic E-state index is 9.59. The second kappa shape index (κ2) is 10.7. The molecule has 0 atom stereocenters. The molecule has 168 valence electrons. The summed E-state index contributed by atoms with van der Waals surface area (Å²) in [6.45, 7) is 4.67. The van der Waals surface area contributed by atoms with Crippen molar-refractivity contribution in [1.29, 1.82) is 0 Å². The molecule has 1 fully saturated rings. The predicted molar refractivity (Wildman–Crippen MR) is 135 cm³/mol. The van der Waals surface area contributed by atoms with Crippen LogP contribution in [0.25, 0.3) is 11.1 Å². The Labute approximate surface area is 192 Å². The minimum atomic E-state index is 0.192. The second-order valence-electron chi connectivity index (χ2n) is 8.81. The van der Waals surface area contributed by atoms with Gasteiger partial charge in [0.15, 0.2) is 0 Å². The van der Waals surface area contributed by atoms with Gasteiger partial charge in [0, 0.05) is 44.2 Å². The topological polar surface area (TPSA) is 52.7 Å². The van der Waals surface area contributed by atoms with E-state index in [-0.39, 0.29) is 6.61 Å². The van der Waals surface area contributed by atoms with Crippen molar-refractivity contribution in [2.45, 2.75) is 25.7 Å². The Balaban J connectivity index is 1.76. The van der Waals surface area contributed by atoms with Crippen LogP contribution < -0.4 is 5.73 Å². The summed E-state index contributed by atoms with van der Waals surface area (Å²) in [6, 6.07) is 18.8. The van der Waals surface area contributed by atoms with Gasteiger partial charge >= 0.3 is 0 Å². The maximum atomic E-state index is 9.59. The number of piperazine rings is 1. The van der Waals surface area contributed by atoms with E-state index in [2.05, 4.69) is 71.5 Å². The van der Waals surface area contributed by atoms with E-state index in [0.29, 0.717) is 0 Å². The van der Waals surface area contributed by atoms with Crippen LogP contribution in [0.15, 0.2) is 78.0 Å². The first-order valence-corrected chi connectivity index (χ1v) is 11.7. The summed E-state index contributed by atoms with van der Waals surface area (Å²) in [5, 5.41) is 9.59. The number of likely N-dealkylation sites (N-methyl/N-ethyl adjacent to an activating group) is 1. The Morgan fingerprint density at radius 3 is 2.22 bits per heavy atom. The van der Waals surface area contributed by atoms with Crippen molar-refractivity contribution in [1.82, 2.24) is 9.80 Å². The molecule has 0 spiro atoms. The number of aliphatic hydroxyl groups is 1. The first kappa shape index (κ1) is 22.4. The minimum absolute atomic E-state index is 0.192. The standard InChI is InChI=1S/C28H35N3O/c1-30-17-19-31(20-18-30)26-15-11-24(12-16-26)28(23-9-13-25(29)14-10-23)27(8-5-21-32)22-6-3-2-4-7-22/h2-4,6-7,9-11,13-15,32H,5,8,12,16-21,29H2,1H3/b28-27-. The number of anilines is 1. The molecule has 0 radical (unpaired) electrons. The molecule has 4 rings (SSSR count). The lowest BCUT2D eigenvalue weighted by Gasteiger charge is -2.36. The molecule has 0 aromatic heterocycles. The molecule has 32 heavy (non-hydrogen) atoms. The molecule has 3 N–H and O–H groups in total. The number of hydrogen-bond acceptors (Lipinski definition) is 4. The molecule has 0 unspecified atom stereocenters. The number of benzene rings is 2. The van der Waals surface area contributed by atoms with Gasteiger partial charge in [-0.2, -0.15) is 0 Å². The smallest absolute Gasteiger partial charge is 0.0434 e. The van der Waals surface area contributed by atoms with Crippen molar-refractivity contribution >= 4 is 16.8 Å². The fraction of sp³-hybridized carbons (Fsp3) is 0.357. The van der Waals surface area contributed by atoms with Crippen molar-refractivity contribution in [3.63, 3.8) is 0 Å². The quantitative estimate of drug-likeness (QED) is 0.490. The van der Waals surface area contributed by atoms with Gasteiger partial charge in [0.25, 0.3) is 0 Å². The lowest BCUT2D eigenvalue weighted by Crippen LogP contribution is -2.43. The third-order valence-electron chi connectivity index (χ3n) is 6.57. The summed E-state index contributed by atoms with van der Waals surface area (Å²) < 4.78 is 0. The van der Waals surface area contributed by atoms with Crippen LogP contribution in [0, 0.1) is 0 Å².